The number of nitrogens with two attached hydrogens (primary N) is 1. The fraction of sp³-hybridized carbons (Fsp3) is 0. The molecule has 1 rings (SSSR count). The van der Waals surface area contributed by atoms with Crippen LogP contribution < -0.4 is 11.2 Å². The second kappa shape index (κ2) is 5.38. The normalized spacial score (nSPS) is 10.3. The van der Waals surface area contributed by atoms with Gasteiger partial charge in [-0.1, -0.05) is 11.6 Å². The molecular formula is C8H7ClN4O2S. The molecule has 0 unspecified atom stereocenters. The topological polar surface area (TPSA) is 93.5 Å². The average molecular weight is 259 g/mol. The number of rotatable bonds is 3. The molecule has 0 amide bonds. The molecule has 0 aromatic heterocycles. The Balaban J connectivity index is 2.94. The van der Waals surface area contributed by atoms with E-state index >= 15 is 0 Å². The molecule has 0 saturated carbocycles. The number of thiocarbonyl (C=S) groups is 1. The highest BCUT2D eigenvalue weighted by Crippen LogP contribution is 2.20. The van der Waals surface area contributed by atoms with Gasteiger partial charge < -0.3 is 5.73 Å². The Bertz CT molecular complexity index is 463. The summed E-state index contributed by atoms with van der Waals surface area (Å²) < 4.78 is 0. The molecule has 0 fully saturated rings. The minimum absolute atomic E-state index is 0.00203. The number of halogens is 1. The molecule has 16 heavy (non-hydrogen) atoms. The number of non-ortho nitro benzene ring substituents is 1. The maximum absolute atomic E-state index is 10.5. The predicted octanol–water partition coefficient (Wildman–Crippen LogP) is 1.42. The Hall–Kier alpha value is -1.73. The van der Waals surface area contributed by atoms with Crippen LogP contribution in [0.3, 0.4) is 0 Å². The molecule has 0 aliphatic carbocycles. The van der Waals surface area contributed by atoms with Crippen molar-refractivity contribution in [2.75, 3.05) is 0 Å². The fourth-order valence-corrected chi connectivity index (χ4v) is 1.13. The third kappa shape index (κ3) is 3.44. The molecule has 0 radical (unpaired) electrons. The summed E-state index contributed by atoms with van der Waals surface area (Å²) in [6, 6.07) is 4.02. The van der Waals surface area contributed by atoms with E-state index in [2.05, 4.69) is 22.7 Å². The van der Waals surface area contributed by atoms with Gasteiger partial charge in [-0.05, 0) is 18.3 Å². The van der Waals surface area contributed by atoms with E-state index in [4.69, 9.17) is 17.3 Å². The molecule has 0 aliphatic heterocycles. The van der Waals surface area contributed by atoms with Crippen LogP contribution in [0.4, 0.5) is 5.69 Å². The van der Waals surface area contributed by atoms with Gasteiger partial charge in [-0.2, -0.15) is 5.10 Å². The van der Waals surface area contributed by atoms with E-state index < -0.39 is 4.92 Å². The lowest BCUT2D eigenvalue weighted by molar-refractivity contribution is -0.384. The van der Waals surface area contributed by atoms with E-state index in [9.17, 15) is 10.1 Å². The van der Waals surface area contributed by atoms with Crippen molar-refractivity contribution in [1.29, 1.82) is 0 Å². The second-order valence-corrected chi connectivity index (χ2v) is 3.54. The smallest absolute Gasteiger partial charge is 0.270 e. The van der Waals surface area contributed by atoms with Crippen LogP contribution in [0.25, 0.3) is 0 Å². The highest BCUT2D eigenvalue weighted by molar-refractivity contribution is 7.80. The molecule has 1 aromatic carbocycles. The standard InChI is InChI=1S/C8H7ClN4O2S/c9-7-2-1-6(13(14)15)3-5(7)4-11-12-8(10)16/h1-4H,(H3,10,12,16)/b11-4+. The minimum Gasteiger partial charge on any atom is -0.375 e. The lowest BCUT2D eigenvalue weighted by Crippen LogP contribution is -2.24. The molecule has 0 spiro atoms. The van der Waals surface area contributed by atoms with Crippen LogP contribution in [0, 0.1) is 10.1 Å². The second-order valence-electron chi connectivity index (χ2n) is 2.70. The molecule has 1 aromatic rings. The minimum atomic E-state index is -0.519. The summed E-state index contributed by atoms with van der Waals surface area (Å²) in [4.78, 5) is 9.99. The Morgan fingerprint density at radius 1 is 1.69 bits per heavy atom. The average Bonchev–Trinajstić information content (AvgIpc) is 2.20. The molecule has 0 bridgehead atoms. The zero-order valence-corrected chi connectivity index (χ0v) is 9.46. The van der Waals surface area contributed by atoms with E-state index in [1.54, 1.807) is 0 Å². The van der Waals surface area contributed by atoms with E-state index in [1.807, 2.05) is 0 Å². The van der Waals surface area contributed by atoms with Crippen LogP contribution in [0.15, 0.2) is 23.3 Å². The monoisotopic (exact) mass is 258 g/mol. The van der Waals surface area contributed by atoms with Crippen LogP contribution in [0.5, 0.6) is 0 Å². The van der Waals surface area contributed by atoms with Gasteiger partial charge in [-0.3, -0.25) is 15.5 Å². The Morgan fingerprint density at radius 2 is 2.38 bits per heavy atom. The third-order valence-electron chi connectivity index (χ3n) is 1.57. The molecular weight excluding hydrogens is 252 g/mol. The SMILES string of the molecule is NC(=S)N/N=C/c1cc([N+](=O)[O-])ccc1Cl. The number of benzene rings is 1. The van der Waals surface area contributed by atoms with Crippen molar-refractivity contribution >= 4 is 40.8 Å². The first-order valence-electron chi connectivity index (χ1n) is 4.03. The summed E-state index contributed by atoms with van der Waals surface area (Å²) in [6.45, 7) is 0. The zero-order valence-electron chi connectivity index (χ0n) is 7.88. The number of hydrazone groups is 1. The Kier molecular flexibility index (Phi) is 4.15. The summed E-state index contributed by atoms with van der Waals surface area (Å²) in [5, 5.41) is 14.5. The molecule has 0 aliphatic rings. The largest absolute Gasteiger partial charge is 0.375 e. The zero-order chi connectivity index (χ0) is 12.1. The first-order chi connectivity index (χ1) is 7.50. The molecule has 0 saturated heterocycles. The van der Waals surface area contributed by atoms with Crippen molar-refractivity contribution in [2.45, 2.75) is 0 Å². The van der Waals surface area contributed by atoms with Crippen LogP contribution in [0.2, 0.25) is 5.02 Å². The van der Waals surface area contributed by atoms with Gasteiger partial charge in [-0.25, -0.2) is 0 Å². The maximum atomic E-state index is 10.5. The van der Waals surface area contributed by atoms with E-state index in [1.165, 1.54) is 24.4 Å². The highest BCUT2D eigenvalue weighted by Gasteiger charge is 2.07. The lowest BCUT2D eigenvalue weighted by Gasteiger charge is -1.98. The quantitative estimate of drug-likeness (QED) is 0.370. The number of nitro groups is 1. The van der Waals surface area contributed by atoms with Gasteiger partial charge in [0.05, 0.1) is 11.1 Å². The molecule has 6 nitrogen and oxygen atoms in total. The number of nitro benzene ring substituents is 1. The van der Waals surface area contributed by atoms with Gasteiger partial charge in [0.1, 0.15) is 0 Å². The highest BCUT2D eigenvalue weighted by atomic mass is 35.5. The summed E-state index contributed by atoms with van der Waals surface area (Å²) in [5.74, 6) is 0. The van der Waals surface area contributed by atoms with Crippen molar-refractivity contribution in [3.05, 3.63) is 38.9 Å². The molecule has 0 atom stereocenters. The first kappa shape index (κ1) is 12.3. The summed E-state index contributed by atoms with van der Waals surface area (Å²) >= 11 is 10.3. The van der Waals surface area contributed by atoms with Gasteiger partial charge in [-0.15, -0.1) is 0 Å². The van der Waals surface area contributed by atoms with Crippen molar-refractivity contribution in [3.8, 4) is 0 Å². The van der Waals surface area contributed by atoms with Gasteiger partial charge in [0.15, 0.2) is 5.11 Å². The Labute approximate surface area is 101 Å². The fourth-order valence-electron chi connectivity index (χ4n) is 0.909. The number of nitrogens with one attached hydrogen (secondary N) is 1. The molecule has 3 N–H and O–H groups in total. The van der Waals surface area contributed by atoms with Crippen molar-refractivity contribution in [3.63, 3.8) is 0 Å². The van der Waals surface area contributed by atoms with Crippen LogP contribution >= 0.6 is 23.8 Å². The van der Waals surface area contributed by atoms with Gasteiger partial charge >= 0.3 is 0 Å². The van der Waals surface area contributed by atoms with Crippen molar-refractivity contribution in [2.24, 2.45) is 10.8 Å². The molecule has 0 heterocycles. The van der Waals surface area contributed by atoms with E-state index in [0.29, 0.717) is 10.6 Å². The predicted molar refractivity (Wildman–Crippen MR) is 65.6 cm³/mol. The maximum Gasteiger partial charge on any atom is 0.270 e. The third-order valence-corrected chi connectivity index (χ3v) is 2.00. The lowest BCUT2D eigenvalue weighted by atomic mass is 10.2. The number of hydrogen-bond donors (Lipinski definition) is 2. The van der Waals surface area contributed by atoms with E-state index in [-0.39, 0.29) is 10.8 Å². The number of hydrogen-bond acceptors (Lipinski definition) is 4. The summed E-state index contributed by atoms with van der Waals surface area (Å²) in [5.41, 5.74) is 7.79. The van der Waals surface area contributed by atoms with Crippen molar-refractivity contribution in [1.82, 2.24) is 5.43 Å². The Morgan fingerprint density at radius 3 is 2.94 bits per heavy atom. The molecule has 8 heteroatoms. The van der Waals surface area contributed by atoms with Gasteiger partial charge in [0.2, 0.25) is 0 Å². The first-order valence-corrected chi connectivity index (χ1v) is 4.82. The van der Waals surface area contributed by atoms with Crippen LogP contribution in [-0.2, 0) is 0 Å². The summed E-state index contributed by atoms with van der Waals surface area (Å²) in [6.07, 6.45) is 1.30. The number of nitrogens with zero attached hydrogens (tertiary/aromatic N) is 2. The molecule has 84 valence electrons. The summed E-state index contributed by atoms with van der Waals surface area (Å²) in [7, 11) is 0. The van der Waals surface area contributed by atoms with Gasteiger partial charge in [0.25, 0.3) is 5.69 Å². The van der Waals surface area contributed by atoms with Gasteiger partial charge in [0, 0.05) is 22.7 Å². The van der Waals surface area contributed by atoms with E-state index in [0.717, 1.165) is 0 Å². The van der Waals surface area contributed by atoms with Crippen LogP contribution in [-0.4, -0.2) is 16.3 Å². The van der Waals surface area contributed by atoms with Crippen LogP contribution in [0.1, 0.15) is 5.56 Å². The van der Waals surface area contributed by atoms with Crippen molar-refractivity contribution < 1.29 is 4.92 Å².